The van der Waals surface area contributed by atoms with Crippen molar-refractivity contribution in [3.05, 3.63) is 23.6 Å². The average molecular weight is 297 g/mol. The zero-order chi connectivity index (χ0) is 14.8. The summed E-state index contributed by atoms with van der Waals surface area (Å²) in [6, 6.07) is 8.40. The molecule has 0 radical (unpaired) electrons. The highest BCUT2D eigenvalue weighted by Gasteiger charge is 2.23. The lowest BCUT2D eigenvalue weighted by Crippen LogP contribution is -2.28. The molecule has 0 spiro atoms. The topological polar surface area (TPSA) is 0 Å². The molecule has 19 heavy (non-hydrogen) atoms. The van der Waals surface area contributed by atoms with Crippen molar-refractivity contribution in [3.8, 4) is 0 Å². The van der Waals surface area contributed by atoms with Gasteiger partial charge in [-0.3, -0.25) is 0 Å². The van der Waals surface area contributed by atoms with Gasteiger partial charge in [0.2, 0.25) is 0 Å². The largest absolute Gasteiger partial charge is 0.0978 e. The Bertz CT molecular complexity index is 226. The zero-order valence-corrected chi connectivity index (χ0v) is 16.3. The van der Waals surface area contributed by atoms with E-state index in [1.807, 2.05) is 0 Å². The van der Waals surface area contributed by atoms with Gasteiger partial charge in [0.15, 0.2) is 0 Å². The van der Waals surface area contributed by atoms with Crippen LogP contribution in [-0.2, 0) is 0 Å². The van der Waals surface area contributed by atoms with E-state index in [1.165, 1.54) is 36.3 Å². The second-order valence-electron chi connectivity index (χ2n) is 5.89. The minimum Gasteiger partial charge on any atom is -0.0978 e. The van der Waals surface area contributed by atoms with Gasteiger partial charge in [0, 0.05) is 0 Å². The monoisotopic (exact) mass is 296 g/mol. The summed E-state index contributed by atoms with van der Waals surface area (Å²) < 4.78 is 0. The molecule has 0 saturated carbocycles. The first-order valence-corrected chi connectivity index (χ1v) is 13.8. The molecule has 0 heterocycles. The predicted octanol–water partition coefficient (Wildman–Crippen LogP) is 6.58. The van der Waals surface area contributed by atoms with E-state index in [0.717, 1.165) is 6.42 Å². The van der Waals surface area contributed by atoms with E-state index in [-0.39, 0.29) is 0 Å². The lowest BCUT2D eigenvalue weighted by molar-refractivity contribution is 1.18. The maximum atomic E-state index is 2.62. The summed E-state index contributed by atoms with van der Waals surface area (Å²) in [5.41, 5.74) is 5.23. The molecule has 2 heteroatoms. The van der Waals surface area contributed by atoms with Crippen molar-refractivity contribution >= 4 is 16.1 Å². The van der Waals surface area contributed by atoms with E-state index in [9.17, 15) is 0 Å². The third-order valence-corrected chi connectivity index (χ3v) is 15.8. The van der Waals surface area contributed by atoms with Gasteiger partial charge in [0.25, 0.3) is 0 Å². The summed E-state index contributed by atoms with van der Waals surface area (Å²) in [5, 5.41) is 0. The maximum absolute atomic E-state index is 2.62. The van der Waals surface area contributed by atoms with Crippen LogP contribution in [0, 0.1) is 0 Å². The first kappa shape index (κ1) is 18.9. The Morgan fingerprint density at radius 1 is 0.526 bits per heavy atom. The van der Waals surface area contributed by atoms with Gasteiger partial charge in [-0.05, 0) is 6.42 Å². The molecule has 0 saturated heterocycles. The molecule has 0 rings (SSSR count). The van der Waals surface area contributed by atoms with Gasteiger partial charge in [-0.15, -0.1) is 0 Å². The molecule has 0 bridgehead atoms. The fourth-order valence-electron chi connectivity index (χ4n) is 2.92. The smallest absolute Gasteiger partial charge is 0.0766 e. The van der Waals surface area contributed by atoms with E-state index in [4.69, 9.17) is 0 Å². The first-order chi connectivity index (χ1) is 9.07. The molecule has 0 fully saturated rings. The zero-order valence-electron chi connectivity index (χ0n) is 14.3. The van der Waals surface area contributed by atoms with Gasteiger partial charge < -0.3 is 0 Å². The molecule has 0 aromatic heterocycles. The van der Waals surface area contributed by atoms with E-state index >= 15 is 0 Å². The third kappa shape index (κ3) is 5.82. The van der Waals surface area contributed by atoms with E-state index in [0.29, 0.717) is 0 Å². The summed E-state index contributed by atoms with van der Waals surface area (Å²) in [7, 11) is -2.08. The summed E-state index contributed by atoms with van der Waals surface area (Å²) in [6.07, 6.45) is 6.07. The lowest BCUT2D eigenvalue weighted by Gasteiger charge is -2.24. The standard InChI is InChI=1S/C17H36Si2/c1-7-18(8-2,9-3)16-14-13-15-17-19(10-4,11-5)12-6/h14-17H,7-13H2,1-6H3/b16-14+,17-15+. The first-order valence-electron chi connectivity index (χ1n) is 8.42. The van der Waals surface area contributed by atoms with E-state index in [1.54, 1.807) is 0 Å². The molecular weight excluding hydrogens is 260 g/mol. The molecule has 0 aromatic rings. The molecule has 0 amide bonds. The van der Waals surface area contributed by atoms with Gasteiger partial charge in [-0.1, -0.05) is 101 Å². The van der Waals surface area contributed by atoms with Crippen molar-refractivity contribution in [3.63, 3.8) is 0 Å². The molecule has 0 nitrogen and oxygen atoms in total. The van der Waals surface area contributed by atoms with Crippen LogP contribution in [0.15, 0.2) is 23.6 Å². The summed E-state index contributed by atoms with van der Waals surface area (Å²) in [5.74, 6) is 0. The van der Waals surface area contributed by atoms with Crippen LogP contribution in [0.1, 0.15) is 48.0 Å². The van der Waals surface area contributed by atoms with Crippen molar-refractivity contribution in [2.75, 3.05) is 0 Å². The van der Waals surface area contributed by atoms with E-state index < -0.39 is 16.1 Å². The Morgan fingerprint density at radius 3 is 1.00 bits per heavy atom. The summed E-state index contributed by atoms with van der Waals surface area (Å²) in [6.45, 7) is 14.3. The Hall–Kier alpha value is -0.0862. The second kappa shape index (κ2) is 9.76. The van der Waals surface area contributed by atoms with Crippen LogP contribution in [0.5, 0.6) is 0 Å². The lowest BCUT2D eigenvalue weighted by atomic mass is 10.4. The fourth-order valence-corrected chi connectivity index (χ4v) is 8.61. The molecule has 0 aromatic carbocycles. The van der Waals surface area contributed by atoms with Crippen molar-refractivity contribution < 1.29 is 0 Å². The summed E-state index contributed by atoms with van der Waals surface area (Å²) in [4.78, 5) is 0. The highest BCUT2D eigenvalue weighted by atomic mass is 28.3. The Balaban J connectivity index is 4.50. The highest BCUT2D eigenvalue weighted by Crippen LogP contribution is 2.23. The SMILES string of the molecule is CC[Si](/C=C/C/C=C/[Si](CC)(CC)CC)(CC)CC. The third-order valence-electron chi connectivity index (χ3n) is 5.44. The molecule has 0 aliphatic rings. The van der Waals surface area contributed by atoms with Crippen molar-refractivity contribution in [1.29, 1.82) is 0 Å². The van der Waals surface area contributed by atoms with Crippen LogP contribution >= 0.6 is 0 Å². The Kier molecular flexibility index (Phi) is 9.72. The quantitative estimate of drug-likeness (QED) is 0.399. The molecule has 0 unspecified atom stereocenters. The minimum absolute atomic E-state index is 1.04. The number of rotatable bonds is 10. The van der Waals surface area contributed by atoms with Crippen LogP contribution in [0.25, 0.3) is 0 Å². The normalized spacial score (nSPS) is 13.8. The van der Waals surface area contributed by atoms with Gasteiger partial charge in [0.1, 0.15) is 0 Å². The Labute approximate surface area is 124 Å². The summed E-state index contributed by atoms with van der Waals surface area (Å²) >= 11 is 0. The second-order valence-corrected chi connectivity index (χ2v) is 16.2. The van der Waals surface area contributed by atoms with Gasteiger partial charge in [-0.2, -0.15) is 0 Å². The molecule has 0 aliphatic heterocycles. The molecular formula is C17H36Si2. The fraction of sp³-hybridized carbons (Fsp3) is 0.765. The highest BCUT2D eigenvalue weighted by molar-refractivity contribution is 6.84. The molecule has 0 atom stereocenters. The van der Waals surface area contributed by atoms with Crippen LogP contribution < -0.4 is 0 Å². The molecule has 0 aliphatic carbocycles. The van der Waals surface area contributed by atoms with Crippen LogP contribution in [0.3, 0.4) is 0 Å². The van der Waals surface area contributed by atoms with Crippen molar-refractivity contribution in [2.24, 2.45) is 0 Å². The number of hydrogen-bond donors (Lipinski definition) is 0. The maximum Gasteiger partial charge on any atom is 0.0766 e. The van der Waals surface area contributed by atoms with Crippen molar-refractivity contribution in [2.45, 2.75) is 84.2 Å². The van der Waals surface area contributed by atoms with Gasteiger partial charge in [0.05, 0.1) is 16.1 Å². The number of hydrogen-bond acceptors (Lipinski definition) is 0. The molecule has 0 N–H and O–H groups in total. The van der Waals surface area contributed by atoms with Crippen LogP contribution in [-0.4, -0.2) is 16.1 Å². The molecule has 112 valence electrons. The predicted molar refractivity (Wildman–Crippen MR) is 97.3 cm³/mol. The Morgan fingerprint density at radius 2 is 0.789 bits per heavy atom. The minimum atomic E-state index is -1.04. The van der Waals surface area contributed by atoms with Crippen LogP contribution in [0.2, 0.25) is 36.3 Å². The van der Waals surface area contributed by atoms with Gasteiger partial charge in [-0.25, -0.2) is 0 Å². The van der Waals surface area contributed by atoms with Crippen LogP contribution in [0.4, 0.5) is 0 Å². The van der Waals surface area contributed by atoms with E-state index in [2.05, 4.69) is 65.1 Å². The average Bonchev–Trinajstić information content (AvgIpc) is 2.48. The number of allylic oxidation sites excluding steroid dienone is 2. The van der Waals surface area contributed by atoms with Gasteiger partial charge >= 0.3 is 0 Å². The van der Waals surface area contributed by atoms with Crippen molar-refractivity contribution in [1.82, 2.24) is 0 Å².